The lowest BCUT2D eigenvalue weighted by Crippen LogP contribution is -2.04. The van der Waals surface area contributed by atoms with Gasteiger partial charge in [0.2, 0.25) is 0 Å². The summed E-state index contributed by atoms with van der Waals surface area (Å²) in [5.41, 5.74) is 1.19. The van der Waals surface area contributed by atoms with Gasteiger partial charge in [0.05, 0.1) is 6.61 Å². The molecule has 0 radical (unpaired) electrons. The fourth-order valence-electron chi connectivity index (χ4n) is 1.17. The van der Waals surface area contributed by atoms with Crippen LogP contribution in [0, 0.1) is 0 Å². The van der Waals surface area contributed by atoms with Crippen LogP contribution in [0.2, 0.25) is 0 Å². The van der Waals surface area contributed by atoms with E-state index in [9.17, 15) is 4.79 Å². The van der Waals surface area contributed by atoms with E-state index < -0.39 is 0 Å². The third kappa shape index (κ3) is 2.80. The first-order chi connectivity index (χ1) is 6.69. The molecule has 0 spiro atoms. The summed E-state index contributed by atoms with van der Waals surface area (Å²) < 4.78 is 0.827. The Balaban J connectivity index is 3.03. The summed E-state index contributed by atoms with van der Waals surface area (Å²) in [6.45, 7) is -0.128. The average molecular weight is 278 g/mol. The van der Waals surface area contributed by atoms with Gasteiger partial charge in [-0.05, 0) is 17.7 Å². The normalized spacial score (nSPS) is 10.2. The third-order valence-electron chi connectivity index (χ3n) is 1.86. The van der Waals surface area contributed by atoms with Crippen molar-refractivity contribution in [3.8, 4) is 0 Å². The first-order valence-corrected chi connectivity index (χ1v) is 5.50. The number of Topliss-reactive ketones (excluding diaryl/α,β-unsaturated/α-hetero) is 1. The molecule has 4 heteroatoms. The van der Waals surface area contributed by atoms with E-state index in [2.05, 4.69) is 15.9 Å². The average Bonchev–Trinajstić information content (AvgIpc) is 2.18. The topological polar surface area (TPSA) is 37.3 Å². The van der Waals surface area contributed by atoms with Crippen molar-refractivity contribution in [2.45, 2.75) is 13.0 Å². The Labute approximate surface area is 96.0 Å². The van der Waals surface area contributed by atoms with Crippen molar-refractivity contribution in [2.24, 2.45) is 0 Å². The molecule has 14 heavy (non-hydrogen) atoms. The highest BCUT2D eigenvalue weighted by molar-refractivity contribution is 9.10. The Morgan fingerprint density at radius 3 is 2.79 bits per heavy atom. The highest BCUT2D eigenvalue weighted by Gasteiger charge is 2.10. The van der Waals surface area contributed by atoms with E-state index >= 15 is 0 Å². The number of rotatable bonds is 4. The van der Waals surface area contributed by atoms with Gasteiger partial charge >= 0.3 is 0 Å². The number of ketones is 1. The van der Waals surface area contributed by atoms with Gasteiger partial charge in [-0.2, -0.15) is 0 Å². The standard InChI is InChI=1S/C10H10BrClO2/c11-8-2-1-7(6-13)9(5-8)10(14)3-4-12/h1-2,5,13H,3-4,6H2. The molecule has 2 nitrogen and oxygen atoms in total. The minimum absolute atomic E-state index is 0.0367. The summed E-state index contributed by atoms with van der Waals surface area (Å²) in [6, 6.07) is 5.23. The Morgan fingerprint density at radius 2 is 2.21 bits per heavy atom. The van der Waals surface area contributed by atoms with Crippen LogP contribution in [0.3, 0.4) is 0 Å². The third-order valence-corrected chi connectivity index (χ3v) is 2.55. The largest absolute Gasteiger partial charge is 0.392 e. The minimum Gasteiger partial charge on any atom is -0.392 e. The van der Waals surface area contributed by atoms with Crippen LogP contribution in [0.1, 0.15) is 22.3 Å². The molecule has 0 amide bonds. The van der Waals surface area contributed by atoms with Crippen molar-refractivity contribution in [3.63, 3.8) is 0 Å². The molecule has 76 valence electrons. The molecule has 1 N–H and O–H groups in total. The van der Waals surface area contributed by atoms with E-state index in [0.717, 1.165) is 4.47 Å². The Kier molecular flexibility index (Phi) is 4.58. The molecule has 0 aliphatic rings. The molecule has 0 fully saturated rings. The fourth-order valence-corrected chi connectivity index (χ4v) is 1.70. The number of hydrogen-bond donors (Lipinski definition) is 1. The Morgan fingerprint density at radius 1 is 1.50 bits per heavy atom. The van der Waals surface area contributed by atoms with Gasteiger partial charge in [0.25, 0.3) is 0 Å². The summed E-state index contributed by atoms with van der Waals surface area (Å²) in [6.07, 6.45) is 0.297. The van der Waals surface area contributed by atoms with Crippen LogP contribution in [0.15, 0.2) is 22.7 Å². The van der Waals surface area contributed by atoms with Crippen LogP contribution in [-0.4, -0.2) is 16.8 Å². The first-order valence-electron chi connectivity index (χ1n) is 4.17. The summed E-state index contributed by atoms with van der Waals surface area (Å²) >= 11 is 8.76. The summed E-state index contributed by atoms with van der Waals surface area (Å²) in [4.78, 5) is 11.6. The summed E-state index contributed by atoms with van der Waals surface area (Å²) in [7, 11) is 0. The van der Waals surface area contributed by atoms with Gasteiger partial charge in [0, 0.05) is 22.3 Å². The molecule has 0 atom stereocenters. The monoisotopic (exact) mass is 276 g/mol. The number of benzene rings is 1. The lowest BCUT2D eigenvalue weighted by atomic mass is 10.0. The van der Waals surface area contributed by atoms with Gasteiger partial charge < -0.3 is 5.11 Å². The van der Waals surface area contributed by atoms with E-state index in [-0.39, 0.29) is 12.4 Å². The van der Waals surface area contributed by atoms with Crippen molar-refractivity contribution in [3.05, 3.63) is 33.8 Å². The lowest BCUT2D eigenvalue weighted by molar-refractivity contribution is 0.0986. The van der Waals surface area contributed by atoms with Crippen molar-refractivity contribution >= 4 is 33.3 Å². The summed E-state index contributed by atoms with van der Waals surface area (Å²) in [5, 5.41) is 9.03. The number of hydrogen-bond acceptors (Lipinski definition) is 2. The maximum atomic E-state index is 11.6. The number of alkyl halides is 1. The Bertz CT molecular complexity index is 339. The zero-order chi connectivity index (χ0) is 10.6. The van der Waals surface area contributed by atoms with Crippen LogP contribution in [0.4, 0.5) is 0 Å². The second-order valence-electron chi connectivity index (χ2n) is 2.82. The van der Waals surface area contributed by atoms with Crippen LogP contribution < -0.4 is 0 Å². The minimum atomic E-state index is -0.128. The SMILES string of the molecule is O=C(CCCl)c1cc(Br)ccc1CO. The number of aliphatic hydroxyl groups excluding tert-OH is 1. The van der Waals surface area contributed by atoms with Gasteiger partial charge in [-0.25, -0.2) is 0 Å². The van der Waals surface area contributed by atoms with Gasteiger partial charge in [-0.1, -0.05) is 22.0 Å². The van der Waals surface area contributed by atoms with Crippen molar-refractivity contribution in [1.29, 1.82) is 0 Å². The maximum Gasteiger partial charge on any atom is 0.164 e. The second kappa shape index (κ2) is 5.49. The number of carbonyl (C=O) groups is 1. The predicted molar refractivity (Wildman–Crippen MR) is 59.7 cm³/mol. The van der Waals surface area contributed by atoms with Crippen molar-refractivity contribution in [1.82, 2.24) is 0 Å². The van der Waals surface area contributed by atoms with E-state index in [1.54, 1.807) is 18.2 Å². The van der Waals surface area contributed by atoms with E-state index in [4.69, 9.17) is 16.7 Å². The second-order valence-corrected chi connectivity index (χ2v) is 4.12. The molecule has 0 aliphatic carbocycles. The molecule has 1 rings (SSSR count). The maximum absolute atomic E-state index is 11.6. The molecule has 0 aromatic heterocycles. The molecule has 0 heterocycles. The molecule has 0 saturated heterocycles. The zero-order valence-corrected chi connectivity index (χ0v) is 9.81. The van der Waals surface area contributed by atoms with Crippen LogP contribution >= 0.6 is 27.5 Å². The van der Waals surface area contributed by atoms with Gasteiger partial charge in [0.15, 0.2) is 5.78 Å². The van der Waals surface area contributed by atoms with Crippen LogP contribution in [-0.2, 0) is 6.61 Å². The Hall–Kier alpha value is -0.380. The van der Waals surface area contributed by atoms with E-state index in [1.807, 2.05) is 0 Å². The highest BCUT2D eigenvalue weighted by atomic mass is 79.9. The molecular formula is C10H10BrClO2. The molecule has 0 aliphatic heterocycles. The lowest BCUT2D eigenvalue weighted by Gasteiger charge is -2.05. The highest BCUT2D eigenvalue weighted by Crippen LogP contribution is 2.18. The summed E-state index contributed by atoms with van der Waals surface area (Å²) in [5.74, 6) is 0.265. The molecule has 0 bridgehead atoms. The fraction of sp³-hybridized carbons (Fsp3) is 0.300. The quantitative estimate of drug-likeness (QED) is 0.679. The van der Waals surface area contributed by atoms with Crippen LogP contribution in [0.5, 0.6) is 0 Å². The number of aliphatic hydroxyl groups is 1. The molecular weight excluding hydrogens is 267 g/mol. The molecule has 1 aromatic carbocycles. The van der Waals surface area contributed by atoms with Gasteiger partial charge in [-0.15, -0.1) is 11.6 Å². The molecule has 0 unspecified atom stereocenters. The zero-order valence-electron chi connectivity index (χ0n) is 7.46. The number of carbonyl (C=O) groups excluding carboxylic acids is 1. The first kappa shape index (κ1) is 11.7. The van der Waals surface area contributed by atoms with Crippen LogP contribution in [0.25, 0.3) is 0 Å². The molecule has 0 saturated carbocycles. The van der Waals surface area contributed by atoms with Crippen molar-refractivity contribution in [2.75, 3.05) is 5.88 Å². The van der Waals surface area contributed by atoms with Crippen molar-refractivity contribution < 1.29 is 9.90 Å². The van der Waals surface area contributed by atoms with Gasteiger partial charge in [0.1, 0.15) is 0 Å². The molecule has 1 aromatic rings. The predicted octanol–water partition coefficient (Wildman–Crippen LogP) is 2.75. The smallest absolute Gasteiger partial charge is 0.164 e. The van der Waals surface area contributed by atoms with E-state index in [0.29, 0.717) is 23.4 Å². The van der Waals surface area contributed by atoms with Gasteiger partial charge in [-0.3, -0.25) is 4.79 Å². The number of halogens is 2. The van der Waals surface area contributed by atoms with E-state index in [1.165, 1.54) is 0 Å².